The summed E-state index contributed by atoms with van der Waals surface area (Å²) in [4.78, 5) is 22.1. The Kier molecular flexibility index (Phi) is 5.86. The van der Waals surface area contributed by atoms with E-state index in [0.717, 1.165) is 5.56 Å². The van der Waals surface area contributed by atoms with E-state index in [0.29, 0.717) is 17.7 Å². The molecule has 0 radical (unpaired) electrons. The van der Waals surface area contributed by atoms with Gasteiger partial charge in [0, 0.05) is 30.8 Å². The third-order valence-electron chi connectivity index (χ3n) is 3.48. The van der Waals surface area contributed by atoms with Gasteiger partial charge in [-0.3, -0.25) is 10.1 Å². The van der Waals surface area contributed by atoms with E-state index in [-0.39, 0.29) is 12.2 Å². The smallest absolute Gasteiger partial charge is 0.319 e. The first-order valence-corrected chi connectivity index (χ1v) is 7.47. The van der Waals surface area contributed by atoms with Gasteiger partial charge >= 0.3 is 6.03 Å². The van der Waals surface area contributed by atoms with Crippen LogP contribution in [0.15, 0.2) is 48.5 Å². The molecule has 3 N–H and O–H groups in total. The molecule has 1 atom stereocenters. The van der Waals surface area contributed by atoms with Crippen molar-refractivity contribution < 1.29 is 14.8 Å². The Morgan fingerprint density at radius 2 is 1.96 bits per heavy atom. The minimum atomic E-state index is -0.698. The molecule has 126 valence electrons. The average molecular weight is 329 g/mol. The van der Waals surface area contributed by atoms with Crippen LogP contribution in [0.3, 0.4) is 0 Å². The van der Waals surface area contributed by atoms with Crippen molar-refractivity contribution in [3.63, 3.8) is 0 Å². The fourth-order valence-electron chi connectivity index (χ4n) is 2.24. The number of anilines is 1. The summed E-state index contributed by atoms with van der Waals surface area (Å²) < 4.78 is 0. The molecule has 0 aromatic heterocycles. The van der Waals surface area contributed by atoms with Crippen LogP contribution >= 0.6 is 0 Å². The molecule has 0 aliphatic carbocycles. The molecule has 2 aromatic rings. The molecule has 0 saturated heterocycles. The van der Waals surface area contributed by atoms with Crippen LogP contribution in [0.25, 0.3) is 0 Å². The van der Waals surface area contributed by atoms with Gasteiger partial charge in [0.15, 0.2) is 0 Å². The maximum atomic E-state index is 11.9. The lowest BCUT2D eigenvalue weighted by atomic mass is 10.1. The molecule has 24 heavy (non-hydrogen) atoms. The van der Waals surface area contributed by atoms with E-state index < -0.39 is 17.1 Å². The van der Waals surface area contributed by atoms with Crippen LogP contribution in [0.2, 0.25) is 0 Å². The third kappa shape index (κ3) is 5.06. The summed E-state index contributed by atoms with van der Waals surface area (Å²) in [5.74, 6) is 0. The van der Waals surface area contributed by atoms with Gasteiger partial charge in [0.1, 0.15) is 0 Å². The van der Waals surface area contributed by atoms with Gasteiger partial charge in [-0.1, -0.05) is 30.3 Å². The standard InChI is InChI=1S/C17H19N3O4/c1-12-9-14(20(23)24)7-8-16(12)19-17(22)18-11-15(21)10-13-5-3-2-4-6-13/h2-9,15,21H,10-11H2,1H3,(H2,18,19,22)/t15-/m1/s1. The van der Waals surface area contributed by atoms with Crippen molar-refractivity contribution in [1.29, 1.82) is 0 Å². The fraction of sp³-hybridized carbons (Fsp3) is 0.235. The molecule has 0 unspecified atom stereocenters. The van der Waals surface area contributed by atoms with Crippen LogP contribution in [0.1, 0.15) is 11.1 Å². The number of hydrogen-bond acceptors (Lipinski definition) is 4. The molecule has 0 fully saturated rings. The molecule has 0 spiro atoms. The second kappa shape index (κ2) is 8.07. The van der Waals surface area contributed by atoms with Crippen molar-refractivity contribution >= 4 is 17.4 Å². The average Bonchev–Trinajstić information content (AvgIpc) is 2.55. The Morgan fingerprint density at radius 3 is 2.58 bits per heavy atom. The lowest BCUT2D eigenvalue weighted by Gasteiger charge is -2.13. The highest BCUT2D eigenvalue weighted by Crippen LogP contribution is 2.20. The Morgan fingerprint density at radius 1 is 1.25 bits per heavy atom. The minimum absolute atomic E-state index is 0.0308. The second-order valence-corrected chi connectivity index (χ2v) is 5.43. The number of hydrogen-bond donors (Lipinski definition) is 3. The number of rotatable bonds is 6. The molecule has 2 aromatic carbocycles. The number of amides is 2. The number of carbonyl (C=O) groups is 1. The number of benzene rings is 2. The molecule has 2 rings (SSSR count). The molecule has 0 heterocycles. The number of nitro benzene ring substituents is 1. The van der Waals surface area contributed by atoms with Gasteiger partial charge in [-0.25, -0.2) is 4.79 Å². The normalized spacial score (nSPS) is 11.6. The van der Waals surface area contributed by atoms with Gasteiger partial charge in [-0.15, -0.1) is 0 Å². The van der Waals surface area contributed by atoms with Crippen molar-refractivity contribution in [3.8, 4) is 0 Å². The molecular weight excluding hydrogens is 310 g/mol. The highest BCUT2D eigenvalue weighted by molar-refractivity contribution is 5.90. The number of nitrogens with one attached hydrogen (secondary N) is 2. The predicted molar refractivity (Wildman–Crippen MR) is 91.0 cm³/mol. The van der Waals surface area contributed by atoms with Crippen LogP contribution in [-0.2, 0) is 6.42 Å². The number of aliphatic hydroxyl groups is 1. The van der Waals surface area contributed by atoms with Gasteiger partial charge in [0.2, 0.25) is 0 Å². The third-order valence-corrected chi connectivity index (χ3v) is 3.48. The molecule has 7 heteroatoms. The Balaban J connectivity index is 1.84. The Labute approximate surface area is 139 Å². The summed E-state index contributed by atoms with van der Waals surface area (Å²) in [5.41, 5.74) is 2.02. The zero-order valence-electron chi connectivity index (χ0n) is 13.2. The first-order chi connectivity index (χ1) is 11.5. The highest BCUT2D eigenvalue weighted by Gasteiger charge is 2.11. The van der Waals surface area contributed by atoms with E-state index in [1.807, 2.05) is 30.3 Å². The van der Waals surface area contributed by atoms with Crippen LogP contribution in [0, 0.1) is 17.0 Å². The summed E-state index contributed by atoms with van der Waals surface area (Å²) in [6.45, 7) is 1.78. The number of nitro groups is 1. The van der Waals surface area contributed by atoms with E-state index in [4.69, 9.17) is 0 Å². The van der Waals surface area contributed by atoms with Gasteiger partial charge in [-0.2, -0.15) is 0 Å². The maximum absolute atomic E-state index is 11.9. The Bertz CT molecular complexity index is 719. The largest absolute Gasteiger partial charge is 0.391 e. The quantitative estimate of drug-likeness (QED) is 0.559. The zero-order valence-corrected chi connectivity index (χ0v) is 13.2. The summed E-state index contributed by atoms with van der Waals surface area (Å²) in [6.07, 6.45) is -0.256. The van der Waals surface area contributed by atoms with Crippen LogP contribution in [-0.4, -0.2) is 28.7 Å². The van der Waals surface area contributed by atoms with Crippen molar-refractivity contribution in [2.45, 2.75) is 19.4 Å². The topological polar surface area (TPSA) is 105 Å². The van der Waals surface area contributed by atoms with Gasteiger partial charge < -0.3 is 15.7 Å². The maximum Gasteiger partial charge on any atom is 0.319 e. The van der Waals surface area contributed by atoms with E-state index >= 15 is 0 Å². The number of carbonyl (C=O) groups excluding carboxylic acids is 1. The first-order valence-electron chi connectivity index (χ1n) is 7.47. The van der Waals surface area contributed by atoms with E-state index in [1.165, 1.54) is 18.2 Å². The van der Waals surface area contributed by atoms with Crippen LogP contribution in [0.5, 0.6) is 0 Å². The molecular formula is C17H19N3O4. The van der Waals surface area contributed by atoms with Crippen LogP contribution < -0.4 is 10.6 Å². The van der Waals surface area contributed by atoms with Gasteiger partial charge in [-0.05, 0) is 24.1 Å². The number of non-ortho nitro benzene ring substituents is 1. The number of nitrogens with zero attached hydrogens (tertiary/aromatic N) is 1. The van der Waals surface area contributed by atoms with Crippen molar-refractivity contribution in [3.05, 3.63) is 69.8 Å². The van der Waals surface area contributed by atoms with E-state index in [1.54, 1.807) is 6.92 Å². The van der Waals surface area contributed by atoms with Crippen molar-refractivity contribution in [2.75, 3.05) is 11.9 Å². The lowest BCUT2D eigenvalue weighted by molar-refractivity contribution is -0.384. The molecule has 2 amide bonds. The Hall–Kier alpha value is -2.93. The predicted octanol–water partition coefficient (Wildman–Crippen LogP) is 2.63. The number of aryl methyl sites for hydroxylation is 1. The van der Waals surface area contributed by atoms with Crippen molar-refractivity contribution in [1.82, 2.24) is 5.32 Å². The second-order valence-electron chi connectivity index (χ2n) is 5.43. The lowest BCUT2D eigenvalue weighted by Crippen LogP contribution is -2.36. The SMILES string of the molecule is Cc1cc([N+](=O)[O-])ccc1NC(=O)NC[C@H](O)Cc1ccccc1. The van der Waals surface area contributed by atoms with Crippen molar-refractivity contribution in [2.24, 2.45) is 0 Å². The molecule has 0 bridgehead atoms. The molecule has 0 aliphatic rings. The number of urea groups is 1. The zero-order chi connectivity index (χ0) is 17.5. The van der Waals surface area contributed by atoms with E-state index in [2.05, 4.69) is 10.6 Å². The van der Waals surface area contributed by atoms with Gasteiger partial charge in [0.25, 0.3) is 5.69 Å². The molecule has 0 saturated carbocycles. The monoisotopic (exact) mass is 329 g/mol. The van der Waals surface area contributed by atoms with E-state index in [9.17, 15) is 20.0 Å². The highest BCUT2D eigenvalue weighted by atomic mass is 16.6. The fourth-order valence-corrected chi connectivity index (χ4v) is 2.24. The summed E-state index contributed by atoms with van der Waals surface area (Å²) in [6, 6.07) is 13.2. The molecule has 7 nitrogen and oxygen atoms in total. The first kappa shape index (κ1) is 17.4. The summed E-state index contributed by atoms with van der Waals surface area (Å²) in [5, 5.41) is 25.8. The van der Waals surface area contributed by atoms with Crippen LogP contribution in [0.4, 0.5) is 16.2 Å². The molecule has 0 aliphatic heterocycles. The minimum Gasteiger partial charge on any atom is -0.391 e. The number of aliphatic hydroxyl groups excluding tert-OH is 1. The summed E-state index contributed by atoms with van der Waals surface area (Å²) in [7, 11) is 0. The summed E-state index contributed by atoms with van der Waals surface area (Å²) >= 11 is 0. The van der Waals surface area contributed by atoms with Gasteiger partial charge in [0.05, 0.1) is 11.0 Å².